The second-order valence-corrected chi connectivity index (χ2v) is 10.5. The van der Waals surface area contributed by atoms with Gasteiger partial charge in [-0.25, -0.2) is 9.37 Å². The van der Waals surface area contributed by atoms with Crippen molar-refractivity contribution in [3.05, 3.63) is 76.0 Å². The summed E-state index contributed by atoms with van der Waals surface area (Å²) < 4.78 is 104. The Labute approximate surface area is 248 Å². The average molecular weight is 643 g/mol. The molecule has 2 aromatic carbocycles. The molecular weight excluding hydrogens is 621 g/mol. The predicted octanol–water partition coefficient (Wildman–Crippen LogP) is 6.82. The molecule has 232 valence electrons. The lowest BCUT2D eigenvalue weighted by Crippen LogP contribution is -2.36. The second-order valence-electron chi connectivity index (χ2n) is 9.47. The molecule has 1 fully saturated rings. The number of carbonyl (C=O) groups is 2. The summed E-state index contributed by atoms with van der Waals surface area (Å²) in [5, 5.41) is 4.82. The highest BCUT2D eigenvalue weighted by Gasteiger charge is 2.35. The Hall–Kier alpha value is -4.44. The van der Waals surface area contributed by atoms with E-state index in [1.807, 2.05) is 4.90 Å². The van der Waals surface area contributed by atoms with E-state index in [9.17, 15) is 40.3 Å². The van der Waals surface area contributed by atoms with Crippen LogP contribution in [0.3, 0.4) is 0 Å². The number of morpholine rings is 1. The molecule has 0 aliphatic carbocycles. The molecule has 0 unspecified atom stereocenters. The zero-order chi connectivity index (χ0) is 31.8. The molecule has 44 heavy (non-hydrogen) atoms. The molecule has 0 spiro atoms. The van der Waals surface area contributed by atoms with Gasteiger partial charge in [0, 0.05) is 28.9 Å². The van der Waals surface area contributed by atoms with Gasteiger partial charge in [-0.15, -0.1) is 11.3 Å². The number of pyridine rings is 1. The number of rotatable bonds is 6. The molecular formula is C28H21F7N4O4S. The summed E-state index contributed by atoms with van der Waals surface area (Å²) in [6.45, 7) is 1.95. The Kier molecular flexibility index (Phi) is 8.40. The van der Waals surface area contributed by atoms with Crippen LogP contribution in [-0.4, -0.2) is 50.2 Å². The standard InChI is InChI=1S/C28H21F7N4O4S/c1-42-26-18(12-16(13-36-26)39-6-8-43-9-7-39)24(40)38-22-17-4-2-14(27(30,31)32)10-21(17)44-23(22)25(41)37-15-3-5-20(29)19(11-15)28(33,34)35/h2-5,10-13H,6-9H2,1H3,(H,37,41)(H,38,40). The molecule has 2 amide bonds. The van der Waals surface area contributed by atoms with Crippen LogP contribution in [-0.2, 0) is 17.1 Å². The molecule has 0 atom stereocenters. The zero-order valence-corrected chi connectivity index (χ0v) is 23.3. The monoisotopic (exact) mass is 642 g/mol. The number of methoxy groups -OCH3 is 1. The van der Waals surface area contributed by atoms with Crippen LogP contribution in [0.1, 0.15) is 31.2 Å². The van der Waals surface area contributed by atoms with Crippen molar-refractivity contribution in [3.63, 3.8) is 0 Å². The largest absolute Gasteiger partial charge is 0.480 e. The number of nitrogens with one attached hydrogen (secondary N) is 2. The first kappa shape index (κ1) is 31.0. The van der Waals surface area contributed by atoms with Crippen LogP contribution in [0, 0.1) is 5.82 Å². The number of hydrogen-bond donors (Lipinski definition) is 2. The number of alkyl halides is 6. The van der Waals surface area contributed by atoms with Gasteiger partial charge in [-0.05, 0) is 36.4 Å². The number of nitrogens with zero attached hydrogens (tertiary/aromatic N) is 2. The van der Waals surface area contributed by atoms with Crippen molar-refractivity contribution >= 4 is 50.3 Å². The van der Waals surface area contributed by atoms with Crippen LogP contribution in [0.15, 0.2) is 48.7 Å². The van der Waals surface area contributed by atoms with Crippen molar-refractivity contribution in [3.8, 4) is 5.88 Å². The van der Waals surface area contributed by atoms with Gasteiger partial charge in [0.15, 0.2) is 0 Å². The van der Waals surface area contributed by atoms with E-state index in [4.69, 9.17) is 9.47 Å². The number of amides is 2. The van der Waals surface area contributed by atoms with Gasteiger partial charge in [-0.2, -0.15) is 26.3 Å². The van der Waals surface area contributed by atoms with Crippen LogP contribution in [0.2, 0.25) is 0 Å². The zero-order valence-electron chi connectivity index (χ0n) is 22.5. The summed E-state index contributed by atoms with van der Waals surface area (Å²) >= 11 is 0.575. The highest BCUT2D eigenvalue weighted by molar-refractivity contribution is 7.21. The highest BCUT2D eigenvalue weighted by atomic mass is 32.1. The van der Waals surface area contributed by atoms with Crippen molar-refractivity contribution in [1.29, 1.82) is 0 Å². The fourth-order valence-electron chi connectivity index (χ4n) is 4.51. The van der Waals surface area contributed by atoms with Crippen molar-refractivity contribution in [2.24, 2.45) is 0 Å². The van der Waals surface area contributed by atoms with Gasteiger partial charge in [0.25, 0.3) is 11.8 Å². The first-order valence-corrected chi connectivity index (χ1v) is 13.6. The molecule has 2 N–H and O–H groups in total. The lowest BCUT2D eigenvalue weighted by molar-refractivity contribution is -0.140. The van der Waals surface area contributed by atoms with E-state index in [-0.39, 0.29) is 32.1 Å². The van der Waals surface area contributed by atoms with Gasteiger partial charge in [-0.3, -0.25) is 9.59 Å². The molecule has 1 aliphatic rings. The maximum absolute atomic E-state index is 13.8. The molecule has 4 aromatic rings. The summed E-state index contributed by atoms with van der Waals surface area (Å²) in [4.78, 5) is 32.7. The summed E-state index contributed by atoms with van der Waals surface area (Å²) in [6.07, 6.45) is -8.28. The van der Waals surface area contributed by atoms with Crippen LogP contribution in [0.25, 0.3) is 10.1 Å². The van der Waals surface area contributed by atoms with E-state index in [2.05, 4.69) is 15.6 Å². The first-order valence-electron chi connectivity index (χ1n) is 12.8. The SMILES string of the molecule is COc1ncc(N2CCOCC2)cc1C(=O)Nc1c(C(=O)Nc2ccc(F)c(C(F)(F)F)c2)sc2cc(C(F)(F)F)ccc12. The maximum Gasteiger partial charge on any atom is 0.419 e. The van der Waals surface area contributed by atoms with Gasteiger partial charge in [0.2, 0.25) is 5.88 Å². The summed E-state index contributed by atoms with van der Waals surface area (Å²) in [6, 6.07) is 5.91. The summed E-state index contributed by atoms with van der Waals surface area (Å²) in [7, 11) is 1.28. The molecule has 0 bridgehead atoms. The van der Waals surface area contributed by atoms with Crippen LogP contribution < -0.4 is 20.3 Å². The van der Waals surface area contributed by atoms with E-state index >= 15 is 0 Å². The number of anilines is 3. The second kappa shape index (κ2) is 11.9. The predicted molar refractivity (Wildman–Crippen MR) is 148 cm³/mol. The van der Waals surface area contributed by atoms with E-state index in [1.54, 1.807) is 0 Å². The third-order valence-corrected chi connectivity index (χ3v) is 7.79. The Morgan fingerprint density at radius 2 is 1.68 bits per heavy atom. The number of carbonyl (C=O) groups excluding carboxylic acids is 2. The molecule has 5 rings (SSSR count). The van der Waals surface area contributed by atoms with Gasteiger partial charge in [0.1, 0.15) is 16.3 Å². The minimum Gasteiger partial charge on any atom is -0.480 e. The topological polar surface area (TPSA) is 92.8 Å². The smallest absolute Gasteiger partial charge is 0.419 e. The van der Waals surface area contributed by atoms with Gasteiger partial charge in [-0.1, -0.05) is 6.07 Å². The van der Waals surface area contributed by atoms with Gasteiger partial charge < -0.3 is 25.0 Å². The normalized spacial score (nSPS) is 14.0. The van der Waals surface area contributed by atoms with E-state index in [0.29, 0.717) is 55.5 Å². The lowest BCUT2D eigenvalue weighted by atomic mass is 10.1. The Morgan fingerprint density at radius 1 is 0.955 bits per heavy atom. The van der Waals surface area contributed by atoms with Crippen LogP contribution >= 0.6 is 11.3 Å². The van der Waals surface area contributed by atoms with E-state index in [0.717, 1.165) is 24.3 Å². The van der Waals surface area contributed by atoms with Crippen LogP contribution in [0.5, 0.6) is 5.88 Å². The molecule has 3 heterocycles. The molecule has 16 heteroatoms. The molecule has 8 nitrogen and oxygen atoms in total. The minimum atomic E-state index is -5.06. The van der Waals surface area contributed by atoms with Crippen molar-refractivity contribution in [2.75, 3.05) is 48.9 Å². The van der Waals surface area contributed by atoms with Crippen molar-refractivity contribution in [2.45, 2.75) is 12.4 Å². The minimum absolute atomic E-state index is 0.0393. The Balaban J connectivity index is 1.55. The van der Waals surface area contributed by atoms with Gasteiger partial charge in [0.05, 0.1) is 49.0 Å². The van der Waals surface area contributed by atoms with E-state index < -0.39 is 46.8 Å². The van der Waals surface area contributed by atoms with E-state index in [1.165, 1.54) is 19.4 Å². The van der Waals surface area contributed by atoms with Crippen LogP contribution in [0.4, 0.5) is 47.8 Å². The summed E-state index contributed by atoms with van der Waals surface area (Å²) in [5.41, 5.74) is -2.76. The number of fused-ring (bicyclic) bond motifs is 1. The quantitative estimate of drug-likeness (QED) is 0.224. The lowest BCUT2D eigenvalue weighted by Gasteiger charge is -2.28. The molecule has 0 radical (unpaired) electrons. The third kappa shape index (κ3) is 6.40. The molecule has 1 aliphatic heterocycles. The molecule has 2 aromatic heterocycles. The number of thiophene rings is 1. The maximum atomic E-state index is 13.8. The van der Waals surface area contributed by atoms with Crippen molar-refractivity contribution in [1.82, 2.24) is 4.98 Å². The van der Waals surface area contributed by atoms with Crippen molar-refractivity contribution < 1.29 is 49.8 Å². The number of aromatic nitrogens is 1. The number of hydrogen-bond acceptors (Lipinski definition) is 7. The highest BCUT2D eigenvalue weighted by Crippen LogP contribution is 2.41. The first-order chi connectivity index (χ1) is 20.8. The fourth-order valence-corrected chi connectivity index (χ4v) is 5.60. The fraction of sp³-hybridized carbons (Fsp3) is 0.250. The number of benzene rings is 2. The molecule has 1 saturated heterocycles. The average Bonchev–Trinajstić information content (AvgIpc) is 3.34. The number of ether oxygens (including phenoxy) is 2. The third-order valence-electron chi connectivity index (χ3n) is 6.64. The Bertz CT molecular complexity index is 1730. The Morgan fingerprint density at radius 3 is 2.34 bits per heavy atom. The molecule has 0 saturated carbocycles. The van der Waals surface area contributed by atoms with Gasteiger partial charge >= 0.3 is 12.4 Å². The summed E-state index contributed by atoms with van der Waals surface area (Å²) in [5.74, 6) is -3.51. The number of halogens is 7.